The first-order valence-corrected chi connectivity index (χ1v) is 12.9. The Bertz CT molecular complexity index is 1810. The van der Waals surface area contributed by atoms with Crippen molar-refractivity contribution in [2.24, 2.45) is 7.05 Å². The van der Waals surface area contributed by atoms with Crippen LogP contribution in [0.1, 0.15) is 11.3 Å². The van der Waals surface area contributed by atoms with Crippen LogP contribution in [0.15, 0.2) is 91.8 Å². The van der Waals surface area contributed by atoms with Crippen LogP contribution < -0.4 is 10.5 Å². The van der Waals surface area contributed by atoms with Crippen molar-refractivity contribution in [2.75, 3.05) is 18.8 Å². The molecule has 41 heavy (non-hydrogen) atoms. The van der Waals surface area contributed by atoms with Gasteiger partial charge in [-0.15, -0.1) is 12.4 Å². The van der Waals surface area contributed by atoms with Gasteiger partial charge in [-0.3, -0.25) is 4.79 Å². The summed E-state index contributed by atoms with van der Waals surface area (Å²) in [6.07, 6.45) is 4.93. The van der Waals surface area contributed by atoms with Crippen LogP contribution in [0.25, 0.3) is 39.0 Å². The van der Waals surface area contributed by atoms with Crippen molar-refractivity contribution in [3.63, 3.8) is 0 Å². The largest absolute Gasteiger partial charge is 0.439 e. The fourth-order valence-corrected chi connectivity index (χ4v) is 5.21. The van der Waals surface area contributed by atoms with E-state index in [0.717, 1.165) is 50.2 Å². The Morgan fingerprint density at radius 3 is 2.54 bits per heavy atom. The Morgan fingerprint density at radius 1 is 1.02 bits per heavy atom. The van der Waals surface area contributed by atoms with Crippen LogP contribution in [0.3, 0.4) is 0 Å². The lowest BCUT2D eigenvalue weighted by molar-refractivity contribution is -0.124. The summed E-state index contributed by atoms with van der Waals surface area (Å²) in [5.41, 5.74) is 14.1. The Labute approximate surface area is 244 Å². The molecule has 0 fully saturated rings. The van der Waals surface area contributed by atoms with Crippen LogP contribution in [0.4, 0.5) is 5.82 Å². The van der Waals surface area contributed by atoms with Gasteiger partial charge in [0.15, 0.2) is 0 Å². The number of carbonyl (C=O) groups excluding carboxylic acids is 1. The zero-order valence-corrected chi connectivity index (χ0v) is 23.6. The average Bonchev–Trinajstić information content (AvgIpc) is 3.58. The van der Waals surface area contributed by atoms with Crippen LogP contribution in [0.5, 0.6) is 11.6 Å². The maximum atomic E-state index is 12.1. The lowest BCUT2D eigenvalue weighted by atomic mass is 9.96. The number of carbonyl (C=O) groups is 1. The van der Waals surface area contributed by atoms with Crippen molar-refractivity contribution < 1.29 is 9.53 Å². The maximum Gasteiger partial charge on any atom is 0.246 e. The molecule has 0 bridgehead atoms. The van der Waals surface area contributed by atoms with Gasteiger partial charge in [-0.1, -0.05) is 49.1 Å². The highest BCUT2D eigenvalue weighted by molar-refractivity contribution is 6.08. The molecule has 0 saturated carbocycles. The van der Waals surface area contributed by atoms with Crippen LogP contribution in [-0.4, -0.2) is 43.4 Å². The third-order valence-electron chi connectivity index (χ3n) is 7.14. The van der Waals surface area contributed by atoms with Gasteiger partial charge in [0.25, 0.3) is 0 Å². The molecule has 0 saturated heterocycles. The Balaban J connectivity index is 0.00000337. The average molecular weight is 565 g/mol. The zero-order chi connectivity index (χ0) is 27.8. The van der Waals surface area contributed by atoms with Crippen molar-refractivity contribution in [3.8, 4) is 34.0 Å². The highest BCUT2D eigenvalue weighted by Crippen LogP contribution is 2.42. The van der Waals surface area contributed by atoms with E-state index in [4.69, 9.17) is 10.5 Å². The van der Waals surface area contributed by atoms with Crippen LogP contribution in [0.2, 0.25) is 0 Å². The van der Waals surface area contributed by atoms with Crippen LogP contribution in [0, 0.1) is 6.92 Å². The van der Waals surface area contributed by atoms with Gasteiger partial charge in [-0.05, 0) is 59.5 Å². The first-order chi connectivity index (χ1) is 19.4. The van der Waals surface area contributed by atoms with E-state index in [0.29, 0.717) is 30.5 Å². The highest BCUT2D eigenvalue weighted by Gasteiger charge is 2.23. The summed E-state index contributed by atoms with van der Waals surface area (Å²) in [7, 11) is 1.99. The van der Waals surface area contributed by atoms with Gasteiger partial charge in [0, 0.05) is 37.5 Å². The third-order valence-corrected chi connectivity index (χ3v) is 7.14. The highest BCUT2D eigenvalue weighted by atomic mass is 35.5. The van der Waals surface area contributed by atoms with Crippen molar-refractivity contribution in [1.82, 2.24) is 24.4 Å². The standard InChI is InChI=1S/C32H28N6O2.ClH/c1-4-27(39)38-16-15-24(18-38)22-8-6-9-23(17-22)30-28(29-31(33)34-19-35-32(29)37(30)3)21-11-13-25(14-12-21)40-26-10-5-7-20(2)36-26;/h4-15,17,19H,1,16,18H2,2-3H3,(H2,33,34,35);1H. The van der Waals surface area contributed by atoms with Gasteiger partial charge in [-0.2, -0.15) is 0 Å². The van der Waals surface area contributed by atoms with Crippen LogP contribution in [-0.2, 0) is 11.8 Å². The SMILES string of the molecule is C=CC(=O)N1CC=C(c2cccc(-c3c(-c4ccc(Oc5cccc(C)n5)cc4)c4c(N)ncnc4n3C)c2)C1.Cl. The quantitative estimate of drug-likeness (QED) is 0.246. The second kappa shape index (κ2) is 11.3. The molecule has 0 atom stereocenters. The normalized spacial score (nSPS) is 12.6. The zero-order valence-electron chi connectivity index (χ0n) is 22.7. The number of ether oxygens (including phenoxy) is 1. The number of halogens is 1. The number of nitrogens with zero attached hydrogens (tertiary/aromatic N) is 5. The second-order valence-electron chi connectivity index (χ2n) is 9.72. The molecular formula is C32H29ClN6O2. The lowest BCUT2D eigenvalue weighted by Gasteiger charge is -2.15. The minimum Gasteiger partial charge on any atom is -0.439 e. The molecule has 3 aromatic heterocycles. The number of benzene rings is 2. The summed E-state index contributed by atoms with van der Waals surface area (Å²) in [6.45, 7) is 6.66. The summed E-state index contributed by atoms with van der Waals surface area (Å²) in [4.78, 5) is 27.2. The summed E-state index contributed by atoms with van der Waals surface area (Å²) >= 11 is 0. The summed E-state index contributed by atoms with van der Waals surface area (Å²) in [6, 6.07) is 21.9. The molecule has 0 radical (unpaired) electrons. The van der Waals surface area contributed by atoms with Gasteiger partial charge in [-0.25, -0.2) is 15.0 Å². The van der Waals surface area contributed by atoms with Crippen molar-refractivity contribution in [3.05, 3.63) is 103 Å². The van der Waals surface area contributed by atoms with Gasteiger partial charge >= 0.3 is 0 Å². The predicted octanol–water partition coefficient (Wildman–Crippen LogP) is 6.21. The van der Waals surface area contributed by atoms with Crippen LogP contribution >= 0.6 is 12.4 Å². The first kappa shape index (κ1) is 27.6. The molecule has 4 heterocycles. The van der Waals surface area contributed by atoms with Gasteiger partial charge < -0.3 is 19.9 Å². The molecule has 0 unspecified atom stereocenters. The van der Waals surface area contributed by atoms with E-state index in [2.05, 4.69) is 50.4 Å². The number of nitrogen functional groups attached to an aromatic ring is 1. The van der Waals surface area contributed by atoms with E-state index in [1.54, 1.807) is 4.90 Å². The number of aryl methyl sites for hydroxylation is 2. The number of pyridine rings is 1. The molecule has 0 aliphatic carbocycles. The van der Waals surface area contributed by atoms with E-state index in [9.17, 15) is 4.79 Å². The number of hydrogen-bond donors (Lipinski definition) is 1. The molecule has 0 spiro atoms. The number of rotatable bonds is 6. The Kier molecular flexibility index (Phi) is 7.59. The van der Waals surface area contributed by atoms with E-state index >= 15 is 0 Å². The molecule has 9 heteroatoms. The number of aromatic nitrogens is 4. The van der Waals surface area contributed by atoms with Crippen molar-refractivity contribution in [1.29, 1.82) is 0 Å². The van der Waals surface area contributed by atoms with E-state index in [-0.39, 0.29) is 18.3 Å². The fraction of sp³-hybridized carbons (Fsp3) is 0.125. The molecule has 1 amide bonds. The molecule has 8 nitrogen and oxygen atoms in total. The number of fused-ring (bicyclic) bond motifs is 1. The summed E-state index contributed by atoms with van der Waals surface area (Å²) in [5, 5.41) is 0.794. The molecule has 206 valence electrons. The maximum absolute atomic E-state index is 12.1. The molecule has 5 aromatic rings. The monoisotopic (exact) mass is 564 g/mol. The molecule has 2 N–H and O–H groups in total. The minimum atomic E-state index is -0.0713. The number of anilines is 1. The second-order valence-corrected chi connectivity index (χ2v) is 9.72. The predicted molar refractivity (Wildman–Crippen MR) is 165 cm³/mol. The number of nitrogens with two attached hydrogens (primary N) is 1. The lowest BCUT2D eigenvalue weighted by Crippen LogP contribution is -2.26. The first-order valence-electron chi connectivity index (χ1n) is 12.9. The Morgan fingerprint density at radius 2 is 1.78 bits per heavy atom. The van der Waals surface area contributed by atoms with Gasteiger partial charge in [0.05, 0.1) is 11.1 Å². The number of hydrogen-bond acceptors (Lipinski definition) is 6. The fourth-order valence-electron chi connectivity index (χ4n) is 5.21. The van der Waals surface area contributed by atoms with Gasteiger partial charge in [0.1, 0.15) is 23.5 Å². The molecular weight excluding hydrogens is 536 g/mol. The summed E-state index contributed by atoms with van der Waals surface area (Å²) < 4.78 is 8.04. The molecule has 6 rings (SSSR count). The smallest absolute Gasteiger partial charge is 0.246 e. The number of amides is 1. The van der Waals surface area contributed by atoms with E-state index in [1.165, 1.54) is 12.4 Å². The van der Waals surface area contributed by atoms with Crippen molar-refractivity contribution in [2.45, 2.75) is 6.92 Å². The molecule has 1 aliphatic heterocycles. The molecule has 1 aliphatic rings. The van der Waals surface area contributed by atoms with Gasteiger partial charge in [0.2, 0.25) is 11.8 Å². The minimum absolute atomic E-state index is 0. The Hall–Kier alpha value is -4.95. The van der Waals surface area contributed by atoms with Crippen molar-refractivity contribution >= 4 is 40.7 Å². The topological polar surface area (TPSA) is 99.2 Å². The molecule has 2 aromatic carbocycles. The van der Waals surface area contributed by atoms with E-state index in [1.807, 2.05) is 62.5 Å². The third kappa shape index (κ3) is 5.17. The van der Waals surface area contributed by atoms with E-state index < -0.39 is 0 Å². The summed E-state index contributed by atoms with van der Waals surface area (Å²) in [5.74, 6) is 1.57.